The van der Waals surface area contributed by atoms with Gasteiger partial charge in [0.2, 0.25) is 0 Å². The molecule has 0 unspecified atom stereocenters. The van der Waals surface area contributed by atoms with Crippen LogP contribution in [0.5, 0.6) is 11.5 Å². The van der Waals surface area contributed by atoms with Crippen LogP contribution in [0.3, 0.4) is 0 Å². The number of ether oxygens (including phenoxy) is 3. The Morgan fingerprint density at radius 3 is 1.88 bits per heavy atom. The summed E-state index contributed by atoms with van der Waals surface area (Å²) in [5.41, 5.74) is 1.89. The molecule has 0 atom stereocenters. The molecule has 0 heterocycles. The van der Waals surface area contributed by atoms with E-state index < -0.39 is 5.60 Å². The van der Waals surface area contributed by atoms with E-state index in [0.29, 0.717) is 30.8 Å². The van der Waals surface area contributed by atoms with Gasteiger partial charge in [0.1, 0.15) is 30.3 Å². The van der Waals surface area contributed by atoms with E-state index in [-0.39, 0.29) is 25.0 Å². The average Bonchev–Trinajstić information content (AvgIpc) is 3.01. The van der Waals surface area contributed by atoms with Gasteiger partial charge >= 0.3 is 5.97 Å². The number of aryl methyl sites for hydroxylation is 1. The zero-order valence-electron chi connectivity index (χ0n) is 25.6. The second-order valence-corrected chi connectivity index (χ2v) is 11.0. The standard InChI is InChI=1S/C35H44N2O6/c1-4-5-6-7-10-27-12-16-29(17-13-27)36-37-30-18-22-32(23-19-30)41-24-9-8-11-33(38)43-26-25-42-31-20-14-28(15-21-31)34(39)35(2,3)40/h12-23,40H,4-11,24-26H2,1-3H3. The highest BCUT2D eigenvalue weighted by Gasteiger charge is 2.24. The Kier molecular flexibility index (Phi) is 13.9. The summed E-state index contributed by atoms with van der Waals surface area (Å²) >= 11 is 0. The summed E-state index contributed by atoms with van der Waals surface area (Å²) in [4.78, 5) is 24.0. The number of Topliss-reactive ketones (excluding diaryl/α,β-unsaturated/α-hetero) is 1. The largest absolute Gasteiger partial charge is 0.494 e. The van der Waals surface area contributed by atoms with E-state index in [1.165, 1.54) is 45.1 Å². The van der Waals surface area contributed by atoms with Crippen molar-refractivity contribution in [2.45, 2.75) is 77.7 Å². The van der Waals surface area contributed by atoms with Crippen molar-refractivity contribution in [2.24, 2.45) is 10.2 Å². The fourth-order valence-corrected chi connectivity index (χ4v) is 4.21. The third-order valence-corrected chi connectivity index (χ3v) is 6.70. The summed E-state index contributed by atoms with van der Waals surface area (Å²) in [5.74, 6) is 0.642. The summed E-state index contributed by atoms with van der Waals surface area (Å²) in [7, 11) is 0. The molecule has 3 rings (SSSR count). The maximum atomic E-state index is 12.1. The number of carbonyl (C=O) groups excluding carboxylic acids is 2. The highest BCUT2D eigenvalue weighted by atomic mass is 16.6. The molecule has 0 aliphatic rings. The van der Waals surface area contributed by atoms with Gasteiger partial charge < -0.3 is 19.3 Å². The molecule has 230 valence electrons. The number of azo groups is 1. The van der Waals surface area contributed by atoms with Crippen molar-refractivity contribution < 1.29 is 28.9 Å². The lowest BCUT2D eigenvalue weighted by atomic mass is 9.97. The highest BCUT2D eigenvalue weighted by molar-refractivity contribution is 6.01. The van der Waals surface area contributed by atoms with Gasteiger partial charge in [-0.2, -0.15) is 10.2 Å². The molecule has 43 heavy (non-hydrogen) atoms. The van der Waals surface area contributed by atoms with Crippen molar-refractivity contribution in [3.8, 4) is 11.5 Å². The number of benzene rings is 3. The van der Waals surface area contributed by atoms with Crippen LogP contribution >= 0.6 is 0 Å². The number of carbonyl (C=O) groups is 2. The maximum Gasteiger partial charge on any atom is 0.305 e. The molecular formula is C35H44N2O6. The van der Waals surface area contributed by atoms with Gasteiger partial charge in [-0.1, -0.05) is 38.3 Å². The van der Waals surface area contributed by atoms with E-state index >= 15 is 0 Å². The van der Waals surface area contributed by atoms with Crippen molar-refractivity contribution in [2.75, 3.05) is 19.8 Å². The second-order valence-electron chi connectivity index (χ2n) is 11.0. The Labute approximate surface area is 255 Å². The molecule has 1 N–H and O–H groups in total. The number of rotatable bonds is 19. The van der Waals surface area contributed by atoms with Crippen LogP contribution in [0, 0.1) is 0 Å². The zero-order valence-corrected chi connectivity index (χ0v) is 25.6. The molecule has 0 aliphatic carbocycles. The lowest BCUT2D eigenvalue weighted by Gasteiger charge is -2.15. The van der Waals surface area contributed by atoms with E-state index in [0.717, 1.165) is 30.0 Å². The minimum atomic E-state index is -1.43. The summed E-state index contributed by atoms with van der Waals surface area (Å²) < 4.78 is 16.6. The Hall–Kier alpha value is -4.04. The van der Waals surface area contributed by atoms with E-state index in [2.05, 4.69) is 29.3 Å². The Morgan fingerprint density at radius 1 is 0.698 bits per heavy atom. The van der Waals surface area contributed by atoms with E-state index in [9.17, 15) is 14.7 Å². The predicted molar refractivity (Wildman–Crippen MR) is 168 cm³/mol. The third kappa shape index (κ3) is 12.8. The Bertz CT molecular complexity index is 1280. The van der Waals surface area contributed by atoms with Crippen LogP contribution < -0.4 is 9.47 Å². The molecule has 0 fully saturated rings. The quantitative estimate of drug-likeness (QED) is 0.0653. The van der Waals surface area contributed by atoms with E-state index in [1.54, 1.807) is 24.3 Å². The van der Waals surface area contributed by atoms with Crippen molar-refractivity contribution >= 4 is 23.1 Å². The van der Waals surface area contributed by atoms with Crippen LogP contribution in [0.4, 0.5) is 11.4 Å². The molecule has 0 aromatic heterocycles. The Morgan fingerprint density at radius 2 is 1.28 bits per heavy atom. The van der Waals surface area contributed by atoms with Crippen molar-refractivity contribution in [1.82, 2.24) is 0 Å². The van der Waals surface area contributed by atoms with Crippen LogP contribution in [-0.4, -0.2) is 42.3 Å². The summed E-state index contributed by atoms with van der Waals surface area (Å²) in [6, 6.07) is 22.2. The predicted octanol–water partition coefficient (Wildman–Crippen LogP) is 8.35. The maximum absolute atomic E-state index is 12.1. The monoisotopic (exact) mass is 588 g/mol. The summed E-state index contributed by atoms with van der Waals surface area (Å²) in [5, 5.41) is 18.5. The highest BCUT2D eigenvalue weighted by Crippen LogP contribution is 2.22. The second kappa shape index (κ2) is 17.8. The molecule has 8 heteroatoms. The third-order valence-electron chi connectivity index (χ3n) is 6.70. The Balaban J connectivity index is 1.25. The fourth-order valence-electron chi connectivity index (χ4n) is 4.21. The first kappa shape index (κ1) is 33.5. The molecule has 0 radical (unpaired) electrons. The van der Waals surface area contributed by atoms with Crippen molar-refractivity contribution in [3.05, 3.63) is 83.9 Å². The van der Waals surface area contributed by atoms with E-state index in [1.807, 2.05) is 36.4 Å². The molecule has 0 aliphatic heterocycles. The minimum absolute atomic E-state index is 0.133. The van der Waals surface area contributed by atoms with Crippen LogP contribution in [0.15, 0.2) is 83.0 Å². The first-order chi connectivity index (χ1) is 20.7. The van der Waals surface area contributed by atoms with Gasteiger partial charge in [0, 0.05) is 12.0 Å². The molecule has 0 bridgehead atoms. The number of esters is 1. The van der Waals surface area contributed by atoms with Gasteiger partial charge in [-0.15, -0.1) is 0 Å². The molecular weight excluding hydrogens is 544 g/mol. The van der Waals surface area contributed by atoms with Crippen LogP contribution in [0.25, 0.3) is 0 Å². The first-order valence-electron chi connectivity index (χ1n) is 15.1. The van der Waals surface area contributed by atoms with Crippen LogP contribution in [0.1, 0.15) is 81.6 Å². The zero-order chi connectivity index (χ0) is 30.9. The van der Waals surface area contributed by atoms with Gasteiger partial charge in [-0.25, -0.2) is 0 Å². The lowest BCUT2D eigenvalue weighted by molar-refractivity contribution is -0.144. The number of hydrogen-bond donors (Lipinski definition) is 1. The molecule has 3 aromatic rings. The summed E-state index contributed by atoms with van der Waals surface area (Å²) in [6.45, 7) is 5.95. The molecule has 0 saturated carbocycles. The fraction of sp³-hybridized carbons (Fsp3) is 0.429. The van der Waals surface area contributed by atoms with Crippen molar-refractivity contribution in [3.63, 3.8) is 0 Å². The number of aliphatic hydroxyl groups is 1. The first-order valence-corrected chi connectivity index (χ1v) is 15.1. The van der Waals surface area contributed by atoms with Gasteiger partial charge in [0.15, 0.2) is 5.78 Å². The molecule has 0 amide bonds. The average molecular weight is 589 g/mol. The smallest absolute Gasteiger partial charge is 0.305 e. The van der Waals surface area contributed by atoms with Gasteiger partial charge in [0.05, 0.1) is 18.0 Å². The summed E-state index contributed by atoms with van der Waals surface area (Å²) in [6.07, 6.45) is 7.83. The van der Waals surface area contributed by atoms with E-state index in [4.69, 9.17) is 14.2 Å². The molecule has 0 saturated heterocycles. The van der Waals surface area contributed by atoms with Crippen LogP contribution in [-0.2, 0) is 16.0 Å². The van der Waals surface area contributed by atoms with Gasteiger partial charge in [-0.3, -0.25) is 9.59 Å². The number of hydrogen-bond acceptors (Lipinski definition) is 8. The topological polar surface area (TPSA) is 107 Å². The lowest BCUT2D eigenvalue weighted by Crippen LogP contribution is -2.30. The SMILES string of the molecule is CCCCCCc1ccc(N=Nc2ccc(OCCCCC(=O)OCCOc3ccc(C(=O)C(C)(C)O)cc3)cc2)cc1. The van der Waals surface area contributed by atoms with Crippen molar-refractivity contribution in [1.29, 1.82) is 0 Å². The van der Waals surface area contributed by atoms with Crippen LogP contribution in [0.2, 0.25) is 0 Å². The number of ketones is 1. The van der Waals surface area contributed by atoms with Gasteiger partial charge in [-0.05, 0) is 106 Å². The molecule has 0 spiro atoms. The number of unbranched alkanes of at least 4 members (excludes halogenated alkanes) is 4. The molecule has 3 aromatic carbocycles. The number of nitrogens with zero attached hydrogens (tertiary/aromatic N) is 2. The van der Waals surface area contributed by atoms with Gasteiger partial charge in [0.25, 0.3) is 0 Å². The molecule has 8 nitrogen and oxygen atoms in total. The minimum Gasteiger partial charge on any atom is -0.494 e. The normalized spacial score (nSPS) is 11.4.